The predicted molar refractivity (Wildman–Crippen MR) is 466 cm³/mol. The van der Waals surface area contributed by atoms with Gasteiger partial charge in [0.15, 0.2) is 11.5 Å². The van der Waals surface area contributed by atoms with E-state index >= 15 is 0 Å². The second kappa shape index (κ2) is 42.4. The van der Waals surface area contributed by atoms with E-state index in [9.17, 15) is 28.8 Å². The maximum absolute atomic E-state index is 11.5. The van der Waals surface area contributed by atoms with Gasteiger partial charge >= 0.3 is 0 Å². The van der Waals surface area contributed by atoms with Crippen molar-refractivity contribution in [2.24, 2.45) is 34.4 Å². The van der Waals surface area contributed by atoms with Crippen LogP contribution in [0.1, 0.15) is 109 Å². The largest absolute Gasteiger partial charge is 0.497 e. The average Bonchev–Trinajstić information content (AvgIpc) is 1.73. The van der Waals surface area contributed by atoms with Gasteiger partial charge in [0.2, 0.25) is 6.79 Å². The summed E-state index contributed by atoms with van der Waals surface area (Å²) in [5.41, 5.74) is 79.5. The highest BCUT2D eigenvalue weighted by Crippen LogP contribution is 2.38. The molecule has 1 aliphatic heterocycles. The highest BCUT2D eigenvalue weighted by molar-refractivity contribution is 6.05. The fraction of sp³-hybridized carbons (Fsp3) is 0.188. The number of nitrogens with one attached hydrogen (secondary N) is 5. The number of aliphatic hydroxyl groups excluding tert-OH is 1. The number of methoxy groups -OCH3 is 2. The van der Waals surface area contributed by atoms with Crippen LogP contribution in [-0.4, -0.2) is 106 Å². The molecule has 2 heterocycles. The zero-order chi connectivity index (χ0) is 84.9. The third kappa shape index (κ3) is 25.5. The fourth-order valence-corrected chi connectivity index (χ4v) is 11.6. The first kappa shape index (κ1) is 88.2. The average molecular weight is 1580 g/mol. The second-order valence-corrected chi connectivity index (χ2v) is 26.7. The minimum absolute atomic E-state index is 0.0146. The lowest BCUT2D eigenvalue weighted by Gasteiger charge is -2.29. The molecule has 0 radical (unpaired) electrons. The zero-order valence-corrected chi connectivity index (χ0v) is 65.8. The number of amides is 6. The number of anilines is 17. The molecule has 1 atom stereocenters. The number of hydrogen-bond donors (Lipinski definition) is 18. The number of pyridine rings is 1. The Hall–Kier alpha value is -15.0. The number of nitrogen functional groups attached to an aromatic ring is 6. The van der Waals surface area contributed by atoms with Crippen molar-refractivity contribution >= 4 is 143 Å². The van der Waals surface area contributed by atoms with E-state index in [4.69, 9.17) is 92.9 Å². The third-order valence-corrected chi connectivity index (χ3v) is 17.4. The van der Waals surface area contributed by atoms with Crippen molar-refractivity contribution in [1.29, 1.82) is 0 Å². The summed E-state index contributed by atoms with van der Waals surface area (Å²) in [7, 11) is 7.09. The van der Waals surface area contributed by atoms with Gasteiger partial charge in [0.1, 0.15) is 11.5 Å². The molecule has 1 aliphatic rings. The molecule has 10 aromatic carbocycles. The quantitative estimate of drug-likeness (QED) is 0.0224. The van der Waals surface area contributed by atoms with Crippen molar-refractivity contribution in [2.45, 2.75) is 59.0 Å². The van der Waals surface area contributed by atoms with Crippen molar-refractivity contribution in [3.63, 3.8) is 0 Å². The predicted octanol–water partition coefficient (Wildman–Crippen LogP) is 11.7. The molecule has 30 N–H and O–H groups in total. The maximum atomic E-state index is 11.5. The number of nitrogens with two attached hydrogens (primary N) is 12. The first-order valence-electron chi connectivity index (χ1n) is 36.4. The van der Waals surface area contributed by atoms with Crippen LogP contribution in [-0.2, 0) is 0 Å². The summed E-state index contributed by atoms with van der Waals surface area (Å²) >= 11 is 0. The van der Waals surface area contributed by atoms with Crippen LogP contribution in [0.4, 0.5) is 96.7 Å². The van der Waals surface area contributed by atoms with Crippen LogP contribution >= 0.6 is 0 Å². The van der Waals surface area contributed by atoms with Crippen LogP contribution in [0.2, 0.25) is 0 Å². The van der Waals surface area contributed by atoms with E-state index in [1.54, 1.807) is 154 Å². The van der Waals surface area contributed by atoms with Gasteiger partial charge in [-0.3, -0.25) is 33.8 Å². The highest BCUT2D eigenvalue weighted by Gasteiger charge is 2.20. The highest BCUT2D eigenvalue weighted by atomic mass is 16.7. The van der Waals surface area contributed by atoms with Crippen LogP contribution in [0.15, 0.2) is 207 Å². The van der Waals surface area contributed by atoms with Crippen molar-refractivity contribution in [1.82, 2.24) is 4.98 Å². The Balaban J connectivity index is 0.000000193. The molecule has 0 aliphatic carbocycles. The summed E-state index contributed by atoms with van der Waals surface area (Å²) in [5.74, 6) is -0.478. The minimum atomic E-state index is -0.563. The topological polar surface area (TPSA) is 551 Å². The number of aliphatic hydroxyl groups is 1. The molecule has 1 unspecified atom stereocenters. The maximum Gasteiger partial charge on any atom is 0.250 e. The number of hydrogen-bond acceptors (Lipinski definition) is 25. The second-order valence-electron chi connectivity index (χ2n) is 26.7. The normalized spacial score (nSPS) is 10.9. The van der Waals surface area contributed by atoms with Gasteiger partial charge in [0.25, 0.3) is 35.4 Å². The number of unbranched alkanes of at least 4 members (excludes halogenated alkanes) is 1. The van der Waals surface area contributed by atoms with Gasteiger partial charge in [-0.15, -0.1) is 0 Å². The van der Waals surface area contributed by atoms with Gasteiger partial charge in [-0.05, 0) is 197 Å². The van der Waals surface area contributed by atoms with Gasteiger partial charge in [-0.2, -0.15) is 0 Å². The van der Waals surface area contributed by atoms with Crippen LogP contribution in [0, 0.1) is 0 Å². The molecule has 608 valence electrons. The van der Waals surface area contributed by atoms with Crippen LogP contribution in [0.25, 0.3) is 10.8 Å². The summed E-state index contributed by atoms with van der Waals surface area (Å²) < 4.78 is 21.0. The summed E-state index contributed by atoms with van der Waals surface area (Å²) in [4.78, 5) is 76.6. The van der Waals surface area contributed by atoms with Crippen molar-refractivity contribution in [3.05, 3.63) is 240 Å². The molecule has 0 bridgehead atoms. The van der Waals surface area contributed by atoms with E-state index in [-0.39, 0.29) is 19.4 Å². The Kier molecular flexibility index (Phi) is 32.3. The van der Waals surface area contributed by atoms with Crippen molar-refractivity contribution in [2.75, 3.05) is 119 Å². The molecule has 0 saturated carbocycles. The zero-order valence-electron chi connectivity index (χ0n) is 65.8. The lowest BCUT2D eigenvalue weighted by atomic mass is 10.1. The first-order chi connectivity index (χ1) is 55.3. The summed E-state index contributed by atoms with van der Waals surface area (Å²) in [6.07, 6.45) is 6.91. The fourth-order valence-electron chi connectivity index (χ4n) is 11.6. The third-order valence-electron chi connectivity index (χ3n) is 17.4. The van der Waals surface area contributed by atoms with E-state index < -0.39 is 35.4 Å². The van der Waals surface area contributed by atoms with E-state index in [1.807, 2.05) is 92.3 Å². The van der Waals surface area contributed by atoms with Crippen LogP contribution in [0.3, 0.4) is 0 Å². The van der Waals surface area contributed by atoms with Gasteiger partial charge < -0.3 is 129 Å². The molecule has 0 spiro atoms. The Labute approximate surface area is 672 Å². The SMILES string of the molecule is CC(C)N(CCO)c1ccc(N)cc1C(N)=O.CCCCC(C)Nc1ccc(N)cc1C(N)=O.CN(C)c1ccc(Nc2ccc(N)cc2C(N)=O)cc1.COc1ccc(OC)c(Nc2ccc(N)cc2C(N)=O)c1.NC(=O)c1cc(N)ccc1Nc1ccc2c(c1)OCO2.NC(=O)c1cc(N)ccc1Nc1cccc2cnccc12. The Morgan fingerprint density at radius 3 is 1.39 bits per heavy atom. The molecule has 11 aromatic rings. The first-order valence-corrected chi connectivity index (χ1v) is 36.4. The van der Waals surface area contributed by atoms with Crippen LogP contribution < -0.4 is 124 Å². The smallest absolute Gasteiger partial charge is 0.250 e. The molecule has 116 heavy (non-hydrogen) atoms. The molecule has 0 saturated heterocycles. The summed E-state index contributed by atoms with van der Waals surface area (Å²) in [5, 5.41) is 27.0. The number of primary amides is 6. The van der Waals surface area contributed by atoms with E-state index in [0.29, 0.717) is 137 Å². The molecule has 6 amide bonds. The number of nitrogens with zero attached hydrogens (tertiary/aromatic N) is 3. The lowest BCUT2D eigenvalue weighted by Crippen LogP contribution is -2.35. The number of fused-ring (bicyclic) bond motifs is 2. The van der Waals surface area contributed by atoms with Crippen molar-refractivity contribution < 1.29 is 52.8 Å². The molecular weight excluding hydrogens is 1480 g/mol. The monoisotopic (exact) mass is 1580 g/mol. The summed E-state index contributed by atoms with van der Waals surface area (Å²) in [6, 6.07) is 56.9. The molecule has 31 nitrogen and oxygen atoms in total. The lowest BCUT2D eigenvalue weighted by molar-refractivity contribution is 0.0992. The molecular formula is C85H102N20O11. The van der Waals surface area contributed by atoms with Gasteiger partial charge in [0, 0.05) is 136 Å². The van der Waals surface area contributed by atoms with Gasteiger partial charge in [0.05, 0.1) is 82.6 Å². The standard InChI is InChI=1S/C16H14N4O.C15H18N4O.C15H17N3O3.C14H13N3O3.C13H21N3O.C12H19N3O2/c17-11-4-5-15(13(8-11)16(18)21)20-14-3-1-2-10-9-19-7-6-12(10)14;1-19(2)12-6-4-11(5-7-12)18-14-8-3-10(16)9-13(14)15(17)20;1-20-10-4-6-14(21-2)13(8-10)18-12-5-3-9(16)7-11(12)15(17)19;15-8-1-3-11(10(5-8)14(16)18)17-9-2-4-12-13(6-9)20-7-19-12;1-3-4-5-9(2)16-12-7-6-10(14)8-11(12)13(15)17;1-8(2)15(5-6-16)11-4-3-9(13)7-10(11)12(14)17/h1-9,20H,17H2,(H2,18,21);3-9,18H,16H2,1-2H3,(H2,17,20);3-8,18H,16H2,1-2H3,(H2,17,19);1-6,17H,7,15H2,(H2,16,18);6-9,16H,3-5,14H2,1-2H3,(H2,15,17);3-4,7-8,16H,5-6,13H2,1-2H3,(H2,14,17). The minimum Gasteiger partial charge on any atom is -0.497 e. The Bertz CT molecular complexity index is 5240. The number of carbonyl (C=O) groups excluding carboxylic acids is 6. The Morgan fingerprint density at radius 1 is 0.474 bits per heavy atom. The molecule has 0 fully saturated rings. The van der Waals surface area contributed by atoms with Crippen molar-refractivity contribution in [3.8, 4) is 23.0 Å². The molecule has 31 heteroatoms. The number of ether oxygens (including phenoxy) is 4. The summed E-state index contributed by atoms with van der Waals surface area (Å²) in [6.45, 7) is 8.89. The molecule has 12 rings (SSSR count). The van der Waals surface area contributed by atoms with Gasteiger partial charge in [-0.1, -0.05) is 31.9 Å². The van der Waals surface area contributed by atoms with E-state index in [1.165, 1.54) is 12.1 Å². The Morgan fingerprint density at radius 2 is 0.922 bits per heavy atom. The van der Waals surface area contributed by atoms with E-state index in [0.717, 1.165) is 58.5 Å². The molecule has 1 aromatic heterocycles. The number of carbonyl (C=O) groups is 6. The number of rotatable bonds is 26. The van der Waals surface area contributed by atoms with E-state index in [2.05, 4.69) is 45.4 Å². The van der Waals surface area contributed by atoms with Crippen LogP contribution in [0.5, 0.6) is 23.0 Å². The number of benzene rings is 10. The number of aromatic nitrogens is 1. The van der Waals surface area contributed by atoms with Gasteiger partial charge in [-0.25, -0.2) is 0 Å².